The van der Waals surface area contributed by atoms with Crippen LogP contribution in [0.2, 0.25) is 0 Å². The number of nitrogens with one attached hydrogen (secondary N) is 3. The van der Waals surface area contributed by atoms with Crippen molar-refractivity contribution < 1.29 is 14.3 Å². The van der Waals surface area contributed by atoms with Gasteiger partial charge in [-0.2, -0.15) is 0 Å². The Morgan fingerprint density at radius 1 is 0.822 bits per heavy atom. The Balaban J connectivity index is 1.15. The number of carbonyl (C=O) groups excluding carboxylic acids is 2. The lowest BCUT2D eigenvalue weighted by Crippen LogP contribution is -2.29. The summed E-state index contributed by atoms with van der Waals surface area (Å²) in [6.45, 7) is 6.49. The molecular formula is C36H38N6O3. The topological polar surface area (TPSA) is 108 Å². The van der Waals surface area contributed by atoms with E-state index in [4.69, 9.17) is 4.74 Å². The summed E-state index contributed by atoms with van der Waals surface area (Å²) < 4.78 is 5.64. The zero-order chi connectivity index (χ0) is 31.6. The smallest absolute Gasteiger partial charge is 0.243 e. The summed E-state index contributed by atoms with van der Waals surface area (Å²) in [6.07, 6.45) is 1.81. The van der Waals surface area contributed by atoms with Crippen LogP contribution < -0.4 is 20.7 Å². The Kier molecular flexibility index (Phi) is 10.3. The van der Waals surface area contributed by atoms with Crippen LogP contribution in [0.25, 0.3) is 10.8 Å². The van der Waals surface area contributed by atoms with E-state index in [0.717, 1.165) is 45.8 Å². The number of nitrogens with zero attached hydrogens (tertiary/aromatic N) is 3. The van der Waals surface area contributed by atoms with Gasteiger partial charge in [0.15, 0.2) is 5.78 Å². The number of anilines is 3. The third kappa shape index (κ3) is 8.87. The molecule has 2 heterocycles. The summed E-state index contributed by atoms with van der Waals surface area (Å²) in [5.74, 6) is 0.489. The van der Waals surface area contributed by atoms with E-state index in [-0.39, 0.29) is 18.2 Å². The summed E-state index contributed by atoms with van der Waals surface area (Å²) in [5.41, 5.74) is 5.99. The number of aryl methyl sites for hydroxylation is 1. The van der Waals surface area contributed by atoms with Gasteiger partial charge in [-0.25, -0.2) is 0 Å². The lowest BCUT2D eigenvalue weighted by atomic mass is 10.0. The maximum atomic E-state index is 12.7. The predicted octanol–water partition coefficient (Wildman–Crippen LogP) is 6.31. The summed E-state index contributed by atoms with van der Waals surface area (Å²) in [4.78, 5) is 35.9. The number of methoxy groups -OCH3 is 1. The Hall–Kier alpha value is -5.28. The molecule has 45 heavy (non-hydrogen) atoms. The summed E-state index contributed by atoms with van der Waals surface area (Å²) >= 11 is 0. The first-order valence-electron chi connectivity index (χ1n) is 14.9. The number of ketones is 1. The minimum atomic E-state index is -0.181. The quantitative estimate of drug-likeness (QED) is 0.127. The number of hydrogen-bond acceptors (Lipinski definition) is 8. The molecular weight excluding hydrogens is 564 g/mol. The molecule has 0 aliphatic heterocycles. The number of fused-ring (bicyclic) bond motifs is 1. The van der Waals surface area contributed by atoms with E-state index in [0.29, 0.717) is 36.6 Å². The average molecular weight is 603 g/mol. The van der Waals surface area contributed by atoms with Crippen LogP contribution in [0, 0.1) is 6.92 Å². The van der Waals surface area contributed by atoms with Crippen LogP contribution in [0.5, 0.6) is 5.75 Å². The van der Waals surface area contributed by atoms with Crippen molar-refractivity contribution in [2.45, 2.75) is 26.9 Å². The van der Waals surface area contributed by atoms with Gasteiger partial charge in [-0.3, -0.25) is 24.5 Å². The van der Waals surface area contributed by atoms with Gasteiger partial charge in [0.05, 0.1) is 30.7 Å². The van der Waals surface area contributed by atoms with Crippen molar-refractivity contribution in [2.75, 3.05) is 42.7 Å². The first-order chi connectivity index (χ1) is 21.9. The van der Waals surface area contributed by atoms with Gasteiger partial charge < -0.3 is 20.7 Å². The fourth-order valence-electron chi connectivity index (χ4n) is 5.08. The fourth-order valence-corrected chi connectivity index (χ4v) is 5.08. The molecule has 0 radical (unpaired) electrons. The maximum absolute atomic E-state index is 12.7. The van der Waals surface area contributed by atoms with Crippen LogP contribution in [-0.4, -0.2) is 53.3 Å². The molecule has 0 spiro atoms. The minimum Gasteiger partial charge on any atom is -0.495 e. The second kappa shape index (κ2) is 14.9. The Morgan fingerprint density at radius 2 is 1.60 bits per heavy atom. The fraction of sp³-hybridized carbons (Fsp3) is 0.222. The van der Waals surface area contributed by atoms with E-state index in [2.05, 4.69) is 30.8 Å². The number of Topliss-reactive ketones (excluding diaryl/α,β-unsaturated/α-hetero) is 1. The lowest BCUT2D eigenvalue weighted by molar-refractivity contribution is -0.114. The number of pyridine rings is 2. The molecule has 0 fully saturated rings. The second-order valence-electron chi connectivity index (χ2n) is 10.9. The van der Waals surface area contributed by atoms with Crippen LogP contribution in [0.15, 0.2) is 97.2 Å². The highest BCUT2D eigenvalue weighted by Gasteiger charge is 2.12. The Bertz CT molecular complexity index is 1780. The zero-order valence-corrected chi connectivity index (χ0v) is 25.8. The van der Waals surface area contributed by atoms with Gasteiger partial charge in [0, 0.05) is 61.1 Å². The van der Waals surface area contributed by atoms with Gasteiger partial charge in [0.1, 0.15) is 5.75 Å². The summed E-state index contributed by atoms with van der Waals surface area (Å²) in [5, 5.41) is 11.6. The molecule has 0 saturated heterocycles. The van der Waals surface area contributed by atoms with Crippen LogP contribution in [0.3, 0.4) is 0 Å². The second-order valence-corrected chi connectivity index (χ2v) is 10.9. The molecule has 9 heteroatoms. The van der Waals surface area contributed by atoms with Crippen molar-refractivity contribution >= 4 is 39.5 Å². The number of aromatic nitrogens is 2. The predicted molar refractivity (Wildman–Crippen MR) is 180 cm³/mol. The largest absolute Gasteiger partial charge is 0.495 e. The van der Waals surface area contributed by atoms with E-state index < -0.39 is 0 Å². The van der Waals surface area contributed by atoms with E-state index in [1.807, 2.05) is 104 Å². The monoisotopic (exact) mass is 602 g/mol. The molecule has 0 saturated carbocycles. The third-order valence-corrected chi connectivity index (χ3v) is 7.37. The molecule has 1 amide bonds. The normalized spacial score (nSPS) is 10.9. The molecule has 3 N–H and O–H groups in total. The third-order valence-electron chi connectivity index (χ3n) is 7.37. The first-order valence-corrected chi connectivity index (χ1v) is 14.9. The molecule has 230 valence electrons. The van der Waals surface area contributed by atoms with Crippen LogP contribution in [-0.2, 0) is 17.9 Å². The summed E-state index contributed by atoms with van der Waals surface area (Å²) in [6, 6.07) is 29.0. The van der Waals surface area contributed by atoms with Gasteiger partial charge in [-0.1, -0.05) is 30.3 Å². The van der Waals surface area contributed by atoms with Gasteiger partial charge in [-0.15, -0.1) is 0 Å². The van der Waals surface area contributed by atoms with Gasteiger partial charge in [-0.05, 0) is 79.2 Å². The van der Waals surface area contributed by atoms with Crippen molar-refractivity contribution in [2.24, 2.45) is 0 Å². The number of amides is 1. The van der Waals surface area contributed by atoms with Gasteiger partial charge >= 0.3 is 0 Å². The average Bonchev–Trinajstić information content (AvgIpc) is 3.04. The number of hydrogen-bond donors (Lipinski definition) is 3. The van der Waals surface area contributed by atoms with Crippen molar-refractivity contribution in [1.29, 1.82) is 0 Å². The maximum Gasteiger partial charge on any atom is 0.243 e. The van der Waals surface area contributed by atoms with Crippen molar-refractivity contribution in [3.63, 3.8) is 0 Å². The molecule has 9 nitrogen and oxygen atoms in total. The zero-order valence-electron chi connectivity index (χ0n) is 25.8. The highest BCUT2D eigenvalue weighted by molar-refractivity contribution is 5.99. The standard InChI is InChI=1S/C36H38N6O3/c1-25-7-6-9-33(40-25)24-42(23-32-8-4-5-16-37-32)18-17-38-34-15-14-31(21-35(34)45-3)41-36(44)22-39-30-13-12-28-19-27(26(2)43)10-11-29(28)20-30/h4-16,19-21,38-39H,17-18,22-24H2,1-3H3,(H,41,44). The Labute approximate surface area is 263 Å². The molecule has 5 rings (SSSR count). The number of ether oxygens (including phenoxy) is 1. The van der Waals surface area contributed by atoms with Crippen molar-refractivity contribution in [1.82, 2.24) is 14.9 Å². The highest BCUT2D eigenvalue weighted by Crippen LogP contribution is 2.28. The summed E-state index contributed by atoms with van der Waals surface area (Å²) in [7, 11) is 1.61. The number of benzene rings is 3. The lowest BCUT2D eigenvalue weighted by Gasteiger charge is -2.23. The number of rotatable bonds is 14. The van der Waals surface area contributed by atoms with E-state index in [9.17, 15) is 9.59 Å². The van der Waals surface area contributed by atoms with Crippen molar-refractivity contribution in [3.8, 4) is 5.75 Å². The van der Waals surface area contributed by atoms with E-state index in [1.165, 1.54) is 0 Å². The molecule has 0 bridgehead atoms. The van der Waals surface area contributed by atoms with E-state index >= 15 is 0 Å². The highest BCUT2D eigenvalue weighted by atomic mass is 16.5. The first kappa shape index (κ1) is 31.2. The number of carbonyl (C=O) groups is 2. The molecule has 3 aromatic carbocycles. The molecule has 5 aromatic rings. The Morgan fingerprint density at radius 3 is 2.38 bits per heavy atom. The molecule has 0 atom stereocenters. The molecule has 0 unspecified atom stereocenters. The minimum absolute atomic E-state index is 0.0334. The van der Waals surface area contributed by atoms with Gasteiger partial charge in [0.2, 0.25) is 5.91 Å². The van der Waals surface area contributed by atoms with Crippen molar-refractivity contribution in [3.05, 3.63) is 120 Å². The molecule has 0 aliphatic carbocycles. The molecule has 2 aromatic heterocycles. The van der Waals surface area contributed by atoms with Crippen LogP contribution >= 0.6 is 0 Å². The van der Waals surface area contributed by atoms with Gasteiger partial charge in [0.25, 0.3) is 0 Å². The van der Waals surface area contributed by atoms with Crippen LogP contribution in [0.4, 0.5) is 17.1 Å². The molecule has 0 aliphatic rings. The SMILES string of the molecule is COc1cc(NC(=O)CNc2ccc3cc(C(C)=O)ccc3c2)ccc1NCCN(Cc1ccccn1)Cc1cccc(C)n1. The van der Waals surface area contributed by atoms with Crippen LogP contribution in [0.1, 0.15) is 34.4 Å². The van der Waals surface area contributed by atoms with E-state index in [1.54, 1.807) is 14.0 Å².